The number of rotatable bonds is 5. The predicted molar refractivity (Wildman–Crippen MR) is 95.9 cm³/mol. The highest BCUT2D eigenvalue weighted by atomic mass is 15.5. The van der Waals surface area contributed by atoms with Gasteiger partial charge < -0.3 is 0 Å². The summed E-state index contributed by atoms with van der Waals surface area (Å²) in [6.07, 6.45) is 0. The minimum Gasteiger partial charge on any atom is -0.268 e. The third kappa shape index (κ3) is 4.19. The van der Waals surface area contributed by atoms with Crippen molar-refractivity contribution < 1.29 is 0 Å². The molecule has 0 heterocycles. The molecule has 2 rings (SSSR count). The van der Waals surface area contributed by atoms with Crippen molar-refractivity contribution in [3.63, 3.8) is 0 Å². The first-order valence-corrected chi connectivity index (χ1v) is 7.26. The van der Waals surface area contributed by atoms with Crippen molar-refractivity contribution in [2.24, 2.45) is 10.2 Å². The van der Waals surface area contributed by atoms with Gasteiger partial charge in [-0.2, -0.15) is 10.2 Å². The average molecular weight is 294 g/mol. The fourth-order valence-electron chi connectivity index (χ4n) is 2.00. The zero-order chi connectivity index (χ0) is 15.9. The number of para-hydroxylation sites is 2. The normalized spacial score (nSPS) is 12.2. The molecule has 0 radical (unpaired) electrons. The maximum absolute atomic E-state index is 4.59. The van der Waals surface area contributed by atoms with Crippen molar-refractivity contribution in [3.8, 4) is 0 Å². The molecule has 4 nitrogen and oxygen atoms in total. The van der Waals surface area contributed by atoms with Crippen LogP contribution in [0.25, 0.3) is 0 Å². The molecule has 2 aromatic rings. The van der Waals surface area contributed by atoms with Gasteiger partial charge in [-0.25, -0.2) is 0 Å². The molecule has 0 aliphatic heterocycles. The maximum atomic E-state index is 4.59. The third-order valence-corrected chi connectivity index (χ3v) is 3.38. The van der Waals surface area contributed by atoms with E-state index >= 15 is 0 Å². The molecule has 4 heteroatoms. The van der Waals surface area contributed by atoms with Gasteiger partial charge >= 0.3 is 0 Å². The summed E-state index contributed by atoms with van der Waals surface area (Å²) < 4.78 is 0. The quantitative estimate of drug-likeness (QED) is 0.616. The zero-order valence-corrected chi connectivity index (χ0v) is 13.6. The van der Waals surface area contributed by atoms with Crippen LogP contribution in [0.1, 0.15) is 13.8 Å². The van der Waals surface area contributed by atoms with Gasteiger partial charge in [0.2, 0.25) is 0 Å². The molecule has 0 aromatic heterocycles. The molecule has 0 fully saturated rings. The second-order valence-corrected chi connectivity index (χ2v) is 5.09. The standard InChI is InChI=1S/C18H22N4/c1-15(19-21(3)17-11-7-5-8-12-17)16(2)20-22(4)18-13-9-6-10-14-18/h5-14H,1-4H3. The smallest absolute Gasteiger partial charge is 0.0808 e. The van der Waals surface area contributed by atoms with Crippen molar-refractivity contribution in [1.29, 1.82) is 0 Å². The summed E-state index contributed by atoms with van der Waals surface area (Å²) in [7, 11) is 3.88. The summed E-state index contributed by atoms with van der Waals surface area (Å²) in [5, 5.41) is 12.9. The number of hydrazone groups is 2. The molecule has 0 unspecified atom stereocenters. The number of nitrogens with zero attached hydrogens (tertiary/aromatic N) is 4. The van der Waals surface area contributed by atoms with E-state index < -0.39 is 0 Å². The fraction of sp³-hybridized carbons (Fsp3) is 0.222. The molecular weight excluding hydrogens is 272 g/mol. The van der Waals surface area contributed by atoms with Gasteiger partial charge in [-0.05, 0) is 38.1 Å². The van der Waals surface area contributed by atoms with Crippen LogP contribution in [0.5, 0.6) is 0 Å². The Labute approximate surface area is 132 Å². The molecule has 0 atom stereocenters. The largest absolute Gasteiger partial charge is 0.268 e. The highest BCUT2D eigenvalue weighted by molar-refractivity contribution is 6.40. The molecule has 114 valence electrons. The molecule has 22 heavy (non-hydrogen) atoms. The first-order valence-electron chi connectivity index (χ1n) is 7.26. The highest BCUT2D eigenvalue weighted by Gasteiger charge is 2.04. The third-order valence-electron chi connectivity index (χ3n) is 3.38. The Kier molecular flexibility index (Phi) is 5.31. The van der Waals surface area contributed by atoms with Gasteiger partial charge in [0.1, 0.15) is 0 Å². The van der Waals surface area contributed by atoms with Crippen LogP contribution < -0.4 is 10.0 Å². The van der Waals surface area contributed by atoms with Crippen molar-refractivity contribution in [2.45, 2.75) is 13.8 Å². The lowest BCUT2D eigenvalue weighted by Crippen LogP contribution is -2.19. The Balaban J connectivity index is 2.12. The van der Waals surface area contributed by atoms with Crippen molar-refractivity contribution in [3.05, 3.63) is 60.7 Å². The van der Waals surface area contributed by atoms with Gasteiger partial charge in [-0.15, -0.1) is 0 Å². The lowest BCUT2D eigenvalue weighted by molar-refractivity contribution is 1.00. The monoisotopic (exact) mass is 294 g/mol. The molecule has 0 saturated carbocycles. The van der Waals surface area contributed by atoms with Crippen LogP contribution in [0.15, 0.2) is 70.9 Å². The molecule has 2 aromatic carbocycles. The number of benzene rings is 2. The van der Waals surface area contributed by atoms with Crippen molar-refractivity contribution in [2.75, 3.05) is 24.1 Å². The summed E-state index contributed by atoms with van der Waals surface area (Å²) in [6, 6.07) is 20.1. The van der Waals surface area contributed by atoms with E-state index in [4.69, 9.17) is 0 Å². The Morgan fingerprint density at radius 3 is 1.27 bits per heavy atom. The Bertz CT molecular complexity index is 588. The van der Waals surface area contributed by atoms with E-state index in [0.29, 0.717) is 0 Å². The van der Waals surface area contributed by atoms with Gasteiger partial charge in [-0.3, -0.25) is 10.0 Å². The first kappa shape index (κ1) is 15.8. The van der Waals surface area contributed by atoms with E-state index in [2.05, 4.69) is 10.2 Å². The van der Waals surface area contributed by atoms with Crippen LogP contribution in [-0.4, -0.2) is 25.5 Å². The second-order valence-electron chi connectivity index (χ2n) is 5.09. The van der Waals surface area contributed by atoms with Crippen LogP contribution in [0, 0.1) is 0 Å². The molecule has 0 aliphatic rings. The van der Waals surface area contributed by atoms with Gasteiger partial charge in [0, 0.05) is 14.1 Å². The van der Waals surface area contributed by atoms with Crippen molar-refractivity contribution >= 4 is 22.8 Å². The molecule has 0 bridgehead atoms. The van der Waals surface area contributed by atoms with Gasteiger partial charge in [0.25, 0.3) is 0 Å². The van der Waals surface area contributed by atoms with E-state index in [1.807, 2.05) is 98.6 Å². The summed E-state index contributed by atoms with van der Waals surface area (Å²) in [4.78, 5) is 0. The van der Waals surface area contributed by atoms with Crippen LogP contribution >= 0.6 is 0 Å². The number of hydrogen-bond acceptors (Lipinski definition) is 4. The van der Waals surface area contributed by atoms with Crippen LogP contribution in [0.4, 0.5) is 11.4 Å². The molecule has 0 N–H and O–H groups in total. The van der Waals surface area contributed by atoms with Crippen LogP contribution in [0.2, 0.25) is 0 Å². The van der Waals surface area contributed by atoms with E-state index in [1.165, 1.54) is 0 Å². The second kappa shape index (κ2) is 7.41. The topological polar surface area (TPSA) is 31.2 Å². The summed E-state index contributed by atoms with van der Waals surface area (Å²) >= 11 is 0. The lowest BCUT2D eigenvalue weighted by Gasteiger charge is -2.16. The summed E-state index contributed by atoms with van der Waals surface area (Å²) in [5.74, 6) is 0. The molecular formula is C18H22N4. The molecule has 0 aliphatic carbocycles. The average Bonchev–Trinajstić information content (AvgIpc) is 2.56. The maximum Gasteiger partial charge on any atom is 0.0808 e. The first-order chi connectivity index (χ1) is 10.6. The van der Waals surface area contributed by atoms with E-state index in [1.54, 1.807) is 0 Å². The van der Waals surface area contributed by atoms with Crippen molar-refractivity contribution in [1.82, 2.24) is 0 Å². The number of anilines is 2. The predicted octanol–water partition coefficient (Wildman–Crippen LogP) is 4.01. The lowest BCUT2D eigenvalue weighted by atomic mass is 10.3. The highest BCUT2D eigenvalue weighted by Crippen LogP contribution is 2.13. The molecule has 0 amide bonds. The van der Waals surface area contributed by atoms with Gasteiger partial charge in [0.15, 0.2) is 0 Å². The minimum absolute atomic E-state index is 0.883. The number of hydrogen-bond donors (Lipinski definition) is 0. The van der Waals surface area contributed by atoms with Gasteiger partial charge in [-0.1, -0.05) is 36.4 Å². The fourth-order valence-corrected chi connectivity index (χ4v) is 2.00. The molecule has 0 spiro atoms. The summed E-state index contributed by atoms with van der Waals surface area (Å²) in [5.41, 5.74) is 3.86. The Hall–Kier alpha value is -2.62. The summed E-state index contributed by atoms with van der Waals surface area (Å²) in [6.45, 7) is 3.94. The Morgan fingerprint density at radius 2 is 0.955 bits per heavy atom. The van der Waals surface area contributed by atoms with E-state index in [0.717, 1.165) is 22.8 Å². The van der Waals surface area contributed by atoms with Crippen LogP contribution in [0.3, 0.4) is 0 Å². The van der Waals surface area contributed by atoms with E-state index in [9.17, 15) is 0 Å². The molecule has 0 saturated heterocycles. The Morgan fingerprint density at radius 1 is 0.636 bits per heavy atom. The van der Waals surface area contributed by atoms with Crippen LogP contribution in [-0.2, 0) is 0 Å². The van der Waals surface area contributed by atoms with E-state index in [-0.39, 0.29) is 0 Å². The SMILES string of the molecule is CC(=NN(C)c1ccccc1)C(C)=NN(C)c1ccccc1. The van der Waals surface area contributed by atoms with Gasteiger partial charge in [0.05, 0.1) is 22.8 Å². The zero-order valence-electron chi connectivity index (χ0n) is 13.6. The minimum atomic E-state index is 0.883.